The normalized spacial score (nSPS) is 20.3. The van der Waals surface area contributed by atoms with E-state index in [0.29, 0.717) is 12.0 Å². The second-order valence-electron chi connectivity index (χ2n) is 4.01. The molecule has 0 amide bonds. The van der Waals surface area contributed by atoms with E-state index < -0.39 is 0 Å². The monoisotopic (exact) mass is 210 g/mol. The summed E-state index contributed by atoms with van der Waals surface area (Å²) in [4.78, 5) is 0. The molecule has 1 atom stereocenters. The highest BCUT2D eigenvalue weighted by molar-refractivity contribution is 5.01. The van der Waals surface area contributed by atoms with Crippen LogP contribution < -0.4 is 11.3 Å². The molecule has 1 fully saturated rings. The fraction of sp³-hybridized carbons (Fsp3) is 0.636. The number of hydrazine groups is 1. The van der Waals surface area contributed by atoms with E-state index >= 15 is 0 Å². The van der Waals surface area contributed by atoms with Crippen LogP contribution in [0, 0.1) is 5.92 Å². The Bertz CT molecular complexity index is 268. The van der Waals surface area contributed by atoms with Crippen LogP contribution in [0.1, 0.15) is 18.6 Å². The predicted molar refractivity (Wildman–Crippen MR) is 57.1 cm³/mol. The highest BCUT2D eigenvalue weighted by Gasteiger charge is 2.23. The van der Waals surface area contributed by atoms with E-state index in [0.717, 1.165) is 38.2 Å². The molecule has 2 rings (SSSR count). The molecule has 4 nitrogen and oxygen atoms in total. The summed E-state index contributed by atoms with van der Waals surface area (Å²) >= 11 is 0. The Hall–Kier alpha value is -0.840. The number of hydrogen-bond donors (Lipinski definition) is 2. The number of ether oxygens (including phenoxy) is 1. The molecule has 0 aliphatic carbocycles. The smallest absolute Gasteiger partial charge is 0.105 e. The van der Waals surface area contributed by atoms with E-state index in [2.05, 4.69) is 5.43 Å². The van der Waals surface area contributed by atoms with E-state index in [1.165, 1.54) is 0 Å². The van der Waals surface area contributed by atoms with Gasteiger partial charge in [-0.05, 0) is 30.9 Å². The van der Waals surface area contributed by atoms with Crippen molar-refractivity contribution in [3.63, 3.8) is 0 Å². The number of hydrogen-bond acceptors (Lipinski definition) is 4. The topological polar surface area (TPSA) is 60.4 Å². The summed E-state index contributed by atoms with van der Waals surface area (Å²) in [5.41, 5.74) is 2.89. The number of nitrogens with one attached hydrogen (secondary N) is 1. The van der Waals surface area contributed by atoms with Gasteiger partial charge in [0.2, 0.25) is 0 Å². The highest BCUT2D eigenvalue weighted by Crippen LogP contribution is 2.21. The molecule has 1 unspecified atom stereocenters. The molecule has 0 aromatic carbocycles. The van der Waals surface area contributed by atoms with Crippen LogP contribution >= 0.6 is 0 Å². The van der Waals surface area contributed by atoms with E-state index in [1.54, 1.807) is 6.26 Å². The lowest BCUT2D eigenvalue weighted by Gasteiger charge is -2.29. The predicted octanol–water partition coefficient (Wildman–Crippen LogP) is 1.08. The molecule has 1 aliphatic heterocycles. The summed E-state index contributed by atoms with van der Waals surface area (Å²) in [5, 5.41) is 0. The van der Waals surface area contributed by atoms with Crippen LogP contribution in [-0.4, -0.2) is 19.3 Å². The zero-order valence-electron chi connectivity index (χ0n) is 8.82. The van der Waals surface area contributed by atoms with Gasteiger partial charge in [0.1, 0.15) is 5.76 Å². The fourth-order valence-electron chi connectivity index (χ4n) is 2.13. The minimum Gasteiger partial charge on any atom is -0.469 e. The molecule has 1 aliphatic rings. The van der Waals surface area contributed by atoms with Crippen molar-refractivity contribution in [3.05, 3.63) is 24.2 Å². The van der Waals surface area contributed by atoms with Crippen LogP contribution in [0.25, 0.3) is 0 Å². The first-order valence-electron chi connectivity index (χ1n) is 5.46. The molecule has 15 heavy (non-hydrogen) atoms. The summed E-state index contributed by atoms with van der Waals surface area (Å²) < 4.78 is 10.7. The van der Waals surface area contributed by atoms with Crippen LogP contribution in [-0.2, 0) is 11.2 Å². The van der Waals surface area contributed by atoms with Crippen molar-refractivity contribution in [2.24, 2.45) is 11.8 Å². The molecule has 1 aromatic rings. The molecule has 0 bridgehead atoms. The summed E-state index contributed by atoms with van der Waals surface area (Å²) in [6.45, 7) is 1.70. The molecular formula is C11H18N2O2. The average Bonchev–Trinajstić information content (AvgIpc) is 2.80. The van der Waals surface area contributed by atoms with Gasteiger partial charge in [-0.25, -0.2) is 0 Å². The van der Waals surface area contributed by atoms with E-state index in [9.17, 15) is 0 Å². The Balaban J connectivity index is 1.91. The highest BCUT2D eigenvalue weighted by atomic mass is 16.5. The van der Waals surface area contributed by atoms with E-state index in [1.807, 2.05) is 12.1 Å². The van der Waals surface area contributed by atoms with Gasteiger partial charge in [-0.2, -0.15) is 0 Å². The van der Waals surface area contributed by atoms with Crippen molar-refractivity contribution < 1.29 is 9.15 Å². The standard InChI is InChI=1S/C11H18N2O2/c12-13-11(8-10-2-1-5-15-10)9-3-6-14-7-4-9/h1-2,5,9,11,13H,3-4,6-8,12H2. The third-order valence-electron chi connectivity index (χ3n) is 3.05. The lowest BCUT2D eigenvalue weighted by molar-refractivity contribution is 0.0531. The lowest BCUT2D eigenvalue weighted by Crippen LogP contribution is -2.44. The minimum atomic E-state index is 0.292. The number of furan rings is 1. The van der Waals surface area contributed by atoms with E-state index in [4.69, 9.17) is 15.0 Å². The summed E-state index contributed by atoms with van der Waals surface area (Å²) in [6, 6.07) is 4.19. The molecular weight excluding hydrogens is 192 g/mol. The van der Waals surface area contributed by atoms with Gasteiger partial charge >= 0.3 is 0 Å². The SMILES string of the molecule is NNC(Cc1ccco1)C1CCOCC1. The van der Waals surface area contributed by atoms with Gasteiger partial charge < -0.3 is 9.15 Å². The summed E-state index contributed by atoms with van der Waals surface area (Å²) in [7, 11) is 0. The van der Waals surface area contributed by atoms with Gasteiger partial charge in [0.05, 0.1) is 6.26 Å². The first-order chi connectivity index (χ1) is 7.40. The number of rotatable bonds is 4. The molecule has 0 spiro atoms. The molecule has 0 saturated carbocycles. The van der Waals surface area contributed by atoms with Gasteiger partial charge in [-0.15, -0.1) is 0 Å². The second kappa shape index (κ2) is 5.30. The van der Waals surface area contributed by atoms with Crippen LogP contribution in [0.15, 0.2) is 22.8 Å². The zero-order chi connectivity index (χ0) is 10.5. The van der Waals surface area contributed by atoms with Gasteiger partial charge in [0, 0.05) is 25.7 Å². The summed E-state index contributed by atoms with van der Waals surface area (Å²) in [5.74, 6) is 7.17. The van der Waals surface area contributed by atoms with Crippen molar-refractivity contribution in [2.75, 3.05) is 13.2 Å². The van der Waals surface area contributed by atoms with Gasteiger partial charge in [-0.3, -0.25) is 11.3 Å². The fourth-order valence-corrected chi connectivity index (χ4v) is 2.13. The molecule has 84 valence electrons. The quantitative estimate of drug-likeness (QED) is 0.576. The van der Waals surface area contributed by atoms with Crippen molar-refractivity contribution in [2.45, 2.75) is 25.3 Å². The van der Waals surface area contributed by atoms with Crippen molar-refractivity contribution >= 4 is 0 Å². The first-order valence-corrected chi connectivity index (χ1v) is 5.46. The van der Waals surface area contributed by atoms with E-state index in [-0.39, 0.29) is 0 Å². The van der Waals surface area contributed by atoms with Gasteiger partial charge in [0.15, 0.2) is 0 Å². The Kier molecular flexibility index (Phi) is 3.77. The Morgan fingerprint density at radius 2 is 2.27 bits per heavy atom. The molecule has 0 radical (unpaired) electrons. The van der Waals surface area contributed by atoms with Crippen molar-refractivity contribution in [1.82, 2.24) is 5.43 Å². The lowest BCUT2D eigenvalue weighted by atomic mass is 9.89. The van der Waals surface area contributed by atoms with Gasteiger partial charge in [0.25, 0.3) is 0 Å². The number of nitrogens with two attached hydrogens (primary N) is 1. The van der Waals surface area contributed by atoms with Crippen LogP contribution in [0.5, 0.6) is 0 Å². The third-order valence-corrected chi connectivity index (χ3v) is 3.05. The Morgan fingerprint density at radius 3 is 2.87 bits per heavy atom. The maximum absolute atomic E-state index is 5.59. The minimum absolute atomic E-state index is 0.292. The Morgan fingerprint density at radius 1 is 1.47 bits per heavy atom. The van der Waals surface area contributed by atoms with Crippen LogP contribution in [0.4, 0.5) is 0 Å². The first kappa shape index (κ1) is 10.7. The third kappa shape index (κ3) is 2.81. The van der Waals surface area contributed by atoms with Crippen LogP contribution in [0.2, 0.25) is 0 Å². The zero-order valence-corrected chi connectivity index (χ0v) is 8.82. The second-order valence-corrected chi connectivity index (χ2v) is 4.01. The Labute approximate surface area is 89.7 Å². The maximum Gasteiger partial charge on any atom is 0.105 e. The van der Waals surface area contributed by atoms with Crippen molar-refractivity contribution in [3.8, 4) is 0 Å². The van der Waals surface area contributed by atoms with Gasteiger partial charge in [-0.1, -0.05) is 0 Å². The largest absolute Gasteiger partial charge is 0.469 e. The molecule has 3 N–H and O–H groups in total. The molecule has 4 heteroatoms. The van der Waals surface area contributed by atoms with Crippen LogP contribution in [0.3, 0.4) is 0 Å². The average molecular weight is 210 g/mol. The molecule has 2 heterocycles. The maximum atomic E-state index is 5.59. The molecule has 1 aromatic heterocycles. The van der Waals surface area contributed by atoms with Crippen molar-refractivity contribution in [1.29, 1.82) is 0 Å². The summed E-state index contributed by atoms with van der Waals surface area (Å²) in [6.07, 6.45) is 4.71. The molecule has 1 saturated heterocycles.